The Kier molecular flexibility index (Phi) is 11.0. The van der Waals surface area contributed by atoms with E-state index in [0.29, 0.717) is 18.3 Å². The summed E-state index contributed by atoms with van der Waals surface area (Å²) in [4.78, 5) is 29.1. The molecular weight excluding hydrogens is 540 g/mol. The van der Waals surface area contributed by atoms with Crippen molar-refractivity contribution in [3.63, 3.8) is 0 Å². The van der Waals surface area contributed by atoms with Gasteiger partial charge >= 0.3 is 0 Å². The minimum absolute atomic E-state index is 0.0254. The number of β-amino-alcohol motifs (C(OH)–C–C–N with tert-alkyl or cyclic N) is 1. The van der Waals surface area contributed by atoms with Crippen LogP contribution in [0.15, 0.2) is 30.3 Å². The second-order valence-corrected chi connectivity index (χ2v) is 16.3. The quantitative estimate of drug-likeness (QED) is 0.311. The van der Waals surface area contributed by atoms with Gasteiger partial charge in [0.05, 0.1) is 22.9 Å². The number of likely N-dealkylation sites (N-methyl/N-ethyl adjacent to an activating group) is 1. The number of aliphatic hydroxyl groups is 1. The first kappa shape index (κ1) is 33.5. The summed E-state index contributed by atoms with van der Waals surface area (Å²) in [5, 5.41) is 20.7. The molecule has 2 amide bonds. The van der Waals surface area contributed by atoms with Crippen LogP contribution in [0.2, 0.25) is 0 Å². The summed E-state index contributed by atoms with van der Waals surface area (Å²) in [5.41, 5.74) is 0.566. The molecule has 9 nitrogen and oxygen atoms in total. The van der Waals surface area contributed by atoms with Gasteiger partial charge in [-0.3, -0.25) is 14.5 Å². The Morgan fingerprint density at radius 3 is 2.22 bits per heavy atom. The smallest absolute Gasteiger partial charge is 0.239 e. The monoisotopic (exact) mass is 592 g/mol. The Labute approximate surface area is 247 Å². The Morgan fingerprint density at radius 2 is 1.66 bits per heavy atom. The summed E-state index contributed by atoms with van der Waals surface area (Å²) < 4.78 is 23.7. The van der Waals surface area contributed by atoms with Gasteiger partial charge in [0.1, 0.15) is 6.04 Å². The molecule has 3 rings (SSSR count). The van der Waals surface area contributed by atoms with E-state index in [9.17, 15) is 23.1 Å². The van der Waals surface area contributed by atoms with E-state index in [1.165, 1.54) is 26.7 Å². The van der Waals surface area contributed by atoms with E-state index in [-0.39, 0.29) is 24.0 Å². The molecule has 1 aliphatic carbocycles. The van der Waals surface area contributed by atoms with Crippen LogP contribution in [0, 0.1) is 11.8 Å². The number of carbonyl (C=O) groups is 2. The van der Waals surface area contributed by atoms with Gasteiger partial charge in [0.25, 0.3) is 0 Å². The van der Waals surface area contributed by atoms with Gasteiger partial charge in [-0.1, -0.05) is 49.6 Å². The van der Waals surface area contributed by atoms with Crippen molar-refractivity contribution in [3.05, 3.63) is 35.9 Å². The summed E-state index contributed by atoms with van der Waals surface area (Å²) in [6.07, 6.45) is 5.90. The minimum Gasteiger partial charge on any atom is -0.390 e. The highest BCUT2D eigenvalue weighted by molar-refractivity contribution is 7.92. The summed E-state index contributed by atoms with van der Waals surface area (Å²) in [6.45, 7) is 9.92. The molecule has 1 saturated carbocycles. The summed E-state index contributed by atoms with van der Waals surface area (Å²) >= 11 is 0. The van der Waals surface area contributed by atoms with Crippen molar-refractivity contribution in [1.82, 2.24) is 20.9 Å². The van der Waals surface area contributed by atoms with Gasteiger partial charge < -0.3 is 21.1 Å². The third kappa shape index (κ3) is 8.75. The summed E-state index contributed by atoms with van der Waals surface area (Å²) in [5.74, 6) is 0.474. The van der Waals surface area contributed by atoms with Gasteiger partial charge in [0, 0.05) is 24.9 Å². The number of nitrogens with zero attached hydrogens (tertiary/aromatic N) is 1. The van der Waals surface area contributed by atoms with Crippen molar-refractivity contribution < 1.29 is 23.1 Å². The third-order valence-corrected chi connectivity index (χ3v) is 11.2. The molecule has 10 heteroatoms. The molecule has 1 saturated heterocycles. The summed E-state index contributed by atoms with van der Waals surface area (Å²) in [7, 11) is -2.02. The van der Waals surface area contributed by atoms with E-state index in [0.717, 1.165) is 37.6 Å². The van der Waals surface area contributed by atoms with Crippen molar-refractivity contribution in [3.8, 4) is 0 Å². The first-order chi connectivity index (χ1) is 19.0. The Hall–Kier alpha value is -2.01. The van der Waals surface area contributed by atoms with Gasteiger partial charge in [-0.15, -0.1) is 0 Å². The number of aliphatic hydroxyl groups excluding tert-OH is 1. The largest absolute Gasteiger partial charge is 0.390 e. The predicted octanol–water partition coefficient (Wildman–Crippen LogP) is 2.28. The molecule has 41 heavy (non-hydrogen) atoms. The van der Waals surface area contributed by atoms with Crippen LogP contribution >= 0.6 is 0 Å². The highest BCUT2D eigenvalue weighted by Crippen LogP contribution is 2.39. The number of nitrogens with one attached hydrogen (secondary N) is 3. The molecule has 1 aliphatic heterocycles. The molecule has 1 aromatic carbocycles. The van der Waals surface area contributed by atoms with Crippen molar-refractivity contribution in [2.75, 3.05) is 26.4 Å². The molecule has 232 valence electrons. The van der Waals surface area contributed by atoms with Crippen LogP contribution in [0.3, 0.4) is 0 Å². The van der Waals surface area contributed by atoms with Crippen LogP contribution in [0.1, 0.15) is 72.3 Å². The number of fused-ring (bicyclic) bond motifs is 1. The molecule has 2 aliphatic rings. The molecule has 0 aromatic heterocycles. The van der Waals surface area contributed by atoms with E-state index in [4.69, 9.17) is 0 Å². The van der Waals surface area contributed by atoms with E-state index in [1.54, 1.807) is 7.05 Å². The molecule has 0 spiro atoms. The maximum Gasteiger partial charge on any atom is 0.239 e. The van der Waals surface area contributed by atoms with Gasteiger partial charge in [-0.25, -0.2) is 8.42 Å². The van der Waals surface area contributed by atoms with Crippen molar-refractivity contribution in [2.24, 2.45) is 11.8 Å². The first-order valence-corrected chi connectivity index (χ1v) is 16.9. The third-order valence-electron chi connectivity index (χ3n) is 9.02. The van der Waals surface area contributed by atoms with E-state index >= 15 is 0 Å². The first-order valence-electron chi connectivity index (χ1n) is 15.0. The van der Waals surface area contributed by atoms with Crippen molar-refractivity contribution in [2.45, 2.75) is 108 Å². The lowest BCUT2D eigenvalue weighted by Gasteiger charge is -2.47. The fraction of sp³-hybridized carbons (Fsp3) is 0.742. The number of rotatable bonds is 11. The standard InChI is InChI=1S/C31H52N4O5S/c1-30(2,3)34-28(37)25-18-22-15-11-12-16-23(22)19-35(25)20-26(36)24(17-21-13-9-8-10-14-21)33-29(38)27(32-6)31(4,5)41(7,39)40/h8-10,13-14,22-27,32,36H,11-12,15-20H2,1-7H3,(H,33,38)(H,34,37)/t22?,23?,24-,25-,26+,27+/m0/s1. The molecule has 0 radical (unpaired) electrons. The van der Waals surface area contributed by atoms with Crippen molar-refractivity contribution in [1.29, 1.82) is 0 Å². The van der Waals surface area contributed by atoms with Gasteiger partial charge in [-0.05, 0) is 78.3 Å². The van der Waals surface area contributed by atoms with Crippen LogP contribution in [0.5, 0.6) is 0 Å². The van der Waals surface area contributed by atoms with Crippen LogP contribution in [0.4, 0.5) is 0 Å². The van der Waals surface area contributed by atoms with E-state index in [1.807, 2.05) is 51.1 Å². The van der Waals surface area contributed by atoms with E-state index < -0.39 is 38.7 Å². The number of sulfone groups is 1. The maximum absolute atomic E-state index is 13.6. The zero-order chi connectivity index (χ0) is 30.6. The zero-order valence-corrected chi connectivity index (χ0v) is 26.8. The molecular formula is C31H52N4O5S. The number of hydrogen-bond acceptors (Lipinski definition) is 7. The fourth-order valence-electron chi connectivity index (χ4n) is 6.42. The maximum atomic E-state index is 13.6. The number of hydrogen-bond donors (Lipinski definition) is 4. The average molecular weight is 593 g/mol. The average Bonchev–Trinajstić information content (AvgIpc) is 2.87. The number of piperidine rings is 1. The van der Waals surface area contributed by atoms with Crippen LogP contribution in [0.25, 0.3) is 0 Å². The molecule has 0 bridgehead atoms. The van der Waals surface area contributed by atoms with Crippen LogP contribution in [-0.2, 0) is 25.8 Å². The SMILES string of the molecule is CN[C@H](C(=O)N[C@@H](Cc1ccccc1)[C@H](O)CN1CC2CCCCC2C[C@H]1C(=O)NC(C)(C)C)C(C)(C)S(C)(=O)=O. The molecule has 2 unspecified atom stereocenters. The van der Waals surface area contributed by atoms with Gasteiger partial charge in [-0.2, -0.15) is 0 Å². The topological polar surface area (TPSA) is 128 Å². The Bertz CT molecular complexity index is 1130. The van der Waals surface area contributed by atoms with Gasteiger partial charge in [0.2, 0.25) is 11.8 Å². The minimum atomic E-state index is -3.58. The van der Waals surface area contributed by atoms with Crippen LogP contribution in [-0.4, -0.2) is 91.1 Å². The Balaban J connectivity index is 1.87. The lowest BCUT2D eigenvalue weighted by atomic mass is 9.72. The second-order valence-electron chi connectivity index (χ2n) is 13.7. The molecule has 6 atom stereocenters. The lowest BCUT2D eigenvalue weighted by molar-refractivity contribution is -0.133. The fourth-order valence-corrected chi connectivity index (χ4v) is 7.07. The zero-order valence-electron chi connectivity index (χ0n) is 25.9. The normalized spacial score (nSPS) is 24.5. The number of benzene rings is 1. The summed E-state index contributed by atoms with van der Waals surface area (Å²) in [6, 6.07) is 7.54. The van der Waals surface area contributed by atoms with Crippen LogP contribution < -0.4 is 16.0 Å². The Morgan fingerprint density at radius 1 is 1.05 bits per heavy atom. The number of amides is 2. The molecule has 1 aromatic rings. The second kappa shape index (κ2) is 13.5. The van der Waals surface area contributed by atoms with Crippen molar-refractivity contribution >= 4 is 21.7 Å². The number of likely N-dealkylation sites (tertiary alicyclic amines) is 1. The highest BCUT2D eigenvalue weighted by atomic mass is 32.2. The highest BCUT2D eigenvalue weighted by Gasteiger charge is 2.45. The number of carbonyl (C=O) groups excluding carboxylic acids is 2. The van der Waals surface area contributed by atoms with E-state index in [2.05, 4.69) is 20.9 Å². The lowest BCUT2D eigenvalue weighted by Crippen LogP contribution is -2.63. The molecule has 1 heterocycles. The molecule has 2 fully saturated rings. The van der Waals surface area contributed by atoms with Gasteiger partial charge in [0.15, 0.2) is 9.84 Å². The predicted molar refractivity (Wildman–Crippen MR) is 163 cm³/mol. The molecule has 4 N–H and O–H groups in total.